The highest BCUT2D eigenvalue weighted by Gasteiger charge is 2.18. The van der Waals surface area contributed by atoms with Crippen LogP contribution >= 0.6 is 8.38 Å². The zero-order valence-corrected chi connectivity index (χ0v) is 12.5. The molecule has 0 amide bonds. The quantitative estimate of drug-likeness (QED) is 0.640. The lowest BCUT2D eigenvalue weighted by Gasteiger charge is -2.22. The predicted molar refractivity (Wildman–Crippen MR) is 81.7 cm³/mol. The molecule has 1 aromatic rings. The van der Waals surface area contributed by atoms with Gasteiger partial charge in [0, 0.05) is 12.2 Å². The highest BCUT2D eigenvalue weighted by Crippen LogP contribution is 2.49. The van der Waals surface area contributed by atoms with E-state index in [1.54, 1.807) is 0 Å². The van der Waals surface area contributed by atoms with E-state index in [1.165, 1.54) is 17.6 Å². The van der Waals surface area contributed by atoms with Gasteiger partial charge in [0.2, 0.25) is 0 Å². The summed E-state index contributed by atoms with van der Waals surface area (Å²) in [6, 6.07) is 10.4. The molecule has 0 radical (unpaired) electrons. The summed E-state index contributed by atoms with van der Waals surface area (Å²) < 4.78 is 11.6. The van der Waals surface area contributed by atoms with Gasteiger partial charge in [-0.1, -0.05) is 43.7 Å². The minimum Gasteiger partial charge on any atom is -0.449 e. The molecule has 3 heteroatoms. The summed E-state index contributed by atoms with van der Waals surface area (Å²) >= 11 is 0. The van der Waals surface area contributed by atoms with E-state index in [-0.39, 0.29) is 0 Å². The van der Waals surface area contributed by atoms with Crippen LogP contribution < -0.4 is 0 Å². The maximum Gasteiger partial charge on any atom is 0.257 e. The average Bonchev–Trinajstić information content (AvgIpc) is 2.46. The summed E-state index contributed by atoms with van der Waals surface area (Å²) in [5.74, 6) is 3.17. The Bertz CT molecular complexity index is 451. The van der Waals surface area contributed by atoms with Crippen LogP contribution in [0.15, 0.2) is 48.0 Å². The van der Waals surface area contributed by atoms with Crippen molar-refractivity contribution in [3.05, 3.63) is 53.5 Å². The molecule has 0 aromatic heterocycles. The summed E-state index contributed by atoms with van der Waals surface area (Å²) in [5.41, 5.74) is 2.45. The Labute approximate surface area is 117 Å². The summed E-state index contributed by atoms with van der Waals surface area (Å²) in [7, 11) is -0.921. The fourth-order valence-electron chi connectivity index (χ4n) is 1.94. The van der Waals surface area contributed by atoms with Gasteiger partial charge in [0.1, 0.15) is 5.76 Å². The highest BCUT2D eigenvalue weighted by atomic mass is 31.2. The first-order valence-corrected chi connectivity index (χ1v) is 8.16. The molecule has 102 valence electrons. The maximum atomic E-state index is 5.91. The van der Waals surface area contributed by atoms with Crippen molar-refractivity contribution < 1.29 is 9.05 Å². The van der Waals surface area contributed by atoms with Crippen molar-refractivity contribution in [2.75, 3.05) is 6.61 Å². The second-order valence-electron chi connectivity index (χ2n) is 4.46. The first-order chi connectivity index (χ1) is 9.33. The number of rotatable bonds is 6. The van der Waals surface area contributed by atoms with Gasteiger partial charge in [0.25, 0.3) is 8.38 Å². The normalized spacial score (nSPS) is 18.5. The second-order valence-corrected chi connectivity index (χ2v) is 5.73. The van der Waals surface area contributed by atoms with Crippen LogP contribution in [-0.4, -0.2) is 6.61 Å². The minimum absolute atomic E-state index is 0.686. The Hall–Kier alpha value is -1.11. The molecule has 0 spiro atoms. The Balaban J connectivity index is 2.19. The van der Waals surface area contributed by atoms with Crippen LogP contribution in [0.3, 0.4) is 0 Å². The summed E-state index contributed by atoms with van der Waals surface area (Å²) in [4.78, 5) is 0. The van der Waals surface area contributed by atoms with E-state index in [1.807, 2.05) is 13.0 Å². The minimum atomic E-state index is -0.921. The van der Waals surface area contributed by atoms with Gasteiger partial charge >= 0.3 is 0 Å². The number of benzene rings is 1. The molecule has 0 bridgehead atoms. The van der Waals surface area contributed by atoms with Crippen LogP contribution in [0.2, 0.25) is 0 Å². The molecule has 0 N–H and O–H groups in total. The average molecular weight is 276 g/mol. The van der Waals surface area contributed by atoms with Gasteiger partial charge in [-0.05, 0) is 30.6 Å². The van der Waals surface area contributed by atoms with Gasteiger partial charge in [-0.15, -0.1) is 0 Å². The fraction of sp³-hybridized carbons (Fsp3) is 0.375. The van der Waals surface area contributed by atoms with Crippen molar-refractivity contribution in [1.82, 2.24) is 0 Å². The van der Waals surface area contributed by atoms with Crippen molar-refractivity contribution in [1.29, 1.82) is 0 Å². The smallest absolute Gasteiger partial charge is 0.257 e. The number of allylic oxidation sites excluding steroid dienone is 3. The van der Waals surface area contributed by atoms with Crippen LogP contribution in [0.5, 0.6) is 0 Å². The lowest BCUT2D eigenvalue weighted by Crippen LogP contribution is -1.97. The van der Waals surface area contributed by atoms with Crippen LogP contribution in [-0.2, 0) is 9.05 Å². The Morgan fingerprint density at radius 3 is 2.63 bits per heavy atom. The molecule has 1 aromatic carbocycles. The number of hydrogen-bond acceptors (Lipinski definition) is 2. The third kappa shape index (κ3) is 4.19. The lowest BCUT2D eigenvalue weighted by atomic mass is 10.1. The zero-order chi connectivity index (χ0) is 13.5. The van der Waals surface area contributed by atoms with E-state index in [4.69, 9.17) is 9.05 Å². The molecular weight excluding hydrogens is 255 g/mol. The topological polar surface area (TPSA) is 18.5 Å². The molecule has 1 aliphatic heterocycles. The zero-order valence-electron chi connectivity index (χ0n) is 11.6. The molecule has 19 heavy (non-hydrogen) atoms. The molecule has 2 nitrogen and oxygen atoms in total. The van der Waals surface area contributed by atoms with Crippen LogP contribution in [0.4, 0.5) is 0 Å². The molecule has 0 fully saturated rings. The summed E-state index contributed by atoms with van der Waals surface area (Å²) in [5, 5.41) is 0. The Kier molecular flexibility index (Phi) is 5.62. The van der Waals surface area contributed by atoms with Gasteiger partial charge in [0.05, 0.1) is 6.61 Å². The first-order valence-electron chi connectivity index (χ1n) is 6.91. The molecule has 1 aliphatic rings. The first kappa shape index (κ1) is 14.3. The number of unbranched alkanes of at least 4 members (excludes halogenated alkanes) is 1. The maximum absolute atomic E-state index is 5.91. The summed E-state index contributed by atoms with van der Waals surface area (Å²) in [6.07, 6.45) is 5.48. The Morgan fingerprint density at radius 2 is 1.95 bits per heavy atom. The van der Waals surface area contributed by atoms with Gasteiger partial charge in [-0.3, -0.25) is 0 Å². The predicted octanol–water partition coefficient (Wildman–Crippen LogP) is 5.48. The molecular formula is C16H21O2P. The van der Waals surface area contributed by atoms with Crippen molar-refractivity contribution in [2.24, 2.45) is 0 Å². The molecule has 0 saturated carbocycles. The van der Waals surface area contributed by atoms with Crippen molar-refractivity contribution in [3.8, 4) is 0 Å². The van der Waals surface area contributed by atoms with E-state index in [2.05, 4.69) is 43.1 Å². The van der Waals surface area contributed by atoms with Gasteiger partial charge in [0.15, 0.2) is 0 Å². The van der Waals surface area contributed by atoms with Crippen molar-refractivity contribution in [2.45, 2.75) is 33.1 Å². The van der Waals surface area contributed by atoms with Crippen LogP contribution in [0, 0.1) is 0 Å². The van der Waals surface area contributed by atoms with Crippen molar-refractivity contribution >= 4 is 13.9 Å². The van der Waals surface area contributed by atoms with Crippen molar-refractivity contribution in [3.63, 3.8) is 0 Å². The molecule has 0 saturated heterocycles. The molecule has 1 atom stereocenters. The number of hydrogen-bond donors (Lipinski definition) is 0. The summed E-state index contributed by atoms with van der Waals surface area (Å²) in [6.45, 7) is 4.89. The molecule has 0 aliphatic carbocycles. The van der Waals surface area contributed by atoms with E-state index in [0.717, 1.165) is 18.6 Å². The SMILES string of the molecule is CCCCC1=CC(c2ccccc2)=CP(OCC)O1. The standard InChI is InChI=1S/C16H21O2P/c1-3-5-11-16-12-15(13-19(18-16)17-4-2)14-9-7-6-8-10-14/h6-10,12-13H,3-5,11H2,1-2H3. The molecule has 2 rings (SSSR count). The van der Waals surface area contributed by atoms with E-state index >= 15 is 0 Å². The van der Waals surface area contributed by atoms with Crippen LogP contribution in [0.1, 0.15) is 38.7 Å². The van der Waals surface area contributed by atoms with Crippen LogP contribution in [0.25, 0.3) is 5.57 Å². The highest BCUT2D eigenvalue weighted by molar-refractivity contribution is 7.51. The van der Waals surface area contributed by atoms with Gasteiger partial charge in [-0.2, -0.15) is 0 Å². The fourth-order valence-corrected chi connectivity index (χ4v) is 3.20. The third-order valence-electron chi connectivity index (χ3n) is 2.91. The molecule has 1 heterocycles. The Morgan fingerprint density at radius 1 is 1.16 bits per heavy atom. The second kappa shape index (κ2) is 7.47. The van der Waals surface area contributed by atoms with Gasteiger partial charge in [-0.25, -0.2) is 0 Å². The van der Waals surface area contributed by atoms with Gasteiger partial charge < -0.3 is 9.05 Å². The molecule has 1 unspecified atom stereocenters. The van der Waals surface area contributed by atoms with E-state index in [0.29, 0.717) is 6.61 Å². The lowest BCUT2D eigenvalue weighted by molar-refractivity contribution is 0.303. The van der Waals surface area contributed by atoms with E-state index in [9.17, 15) is 0 Å². The largest absolute Gasteiger partial charge is 0.449 e. The third-order valence-corrected chi connectivity index (χ3v) is 4.32. The monoisotopic (exact) mass is 276 g/mol. The van der Waals surface area contributed by atoms with E-state index < -0.39 is 8.38 Å².